The fourth-order valence-electron chi connectivity index (χ4n) is 5.41. The molecular formula is C22H20N2O5. The Bertz CT molecular complexity index is 948. The lowest BCUT2D eigenvalue weighted by Gasteiger charge is -2.36. The zero-order valence-electron chi connectivity index (χ0n) is 15.6. The fourth-order valence-corrected chi connectivity index (χ4v) is 5.41. The number of nitrogens with zero attached hydrogens (tertiary/aromatic N) is 2. The van der Waals surface area contributed by atoms with Gasteiger partial charge in [0.05, 0.1) is 0 Å². The number of ketones is 1. The van der Waals surface area contributed by atoms with Gasteiger partial charge in [0, 0.05) is 36.6 Å². The molecule has 2 bridgehead atoms. The van der Waals surface area contributed by atoms with Crippen molar-refractivity contribution >= 4 is 17.7 Å². The summed E-state index contributed by atoms with van der Waals surface area (Å²) in [4.78, 5) is 45.8. The van der Waals surface area contributed by atoms with Crippen LogP contribution < -0.4 is 0 Å². The predicted octanol–water partition coefficient (Wildman–Crippen LogP) is 2.47. The van der Waals surface area contributed by atoms with Gasteiger partial charge >= 0.3 is 11.9 Å². The van der Waals surface area contributed by atoms with Crippen molar-refractivity contribution in [1.29, 1.82) is 0 Å². The molecule has 0 aromatic carbocycles. The smallest absolute Gasteiger partial charge is 0.357 e. The maximum Gasteiger partial charge on any atom is 0.357 e. The second-order valence-electron chi connectivity index (χ2n) is 7.93. The van der Waals surface area contributed by atoms with Gasteiger partial charge in [0.25, 0.3) is 0 Å². The van der Waals surface area contributed by atoms with Gasteiger partial charge in [-0.25, -0.2) is 19.6 Å². The lowest BCUT2D eigenvalue weighted by atomic mass is 9.78. The Kier molecular flexibility index (Phi) is 4.38. The van der Waals surface area contributed by atoms with Gasteiger partial charge in [0.15, 0.2) is 0 Å². The monoisotopic (exact) mass is 392 g/mol. The van der Waals surface area contributed by atoms with Crippen LogP contribution in [0.25, 0.3) is 0 Å². The number of rotatable bonds is 4. The van der Waals surface area contributed by atoms with Crippen LogP contribution in [0.2, 0.25) is 0 Å². The van der Waals surface area contributed by atoms with Crippen molar-refractivity contribution in [3.05, 3.63) is 60.2 Å². The summed E-state index contributed by atoms with van der Waals surface area (Å²) < 4.78 is 11.6. The minimum Gasteiger partial charge on any atom is -0.453 e. The summed E-state index contributed by atoms with van der Waals surface area (Å²) in [5, 5.41) is 0. The fraction of sp³-hybridized carbons (Fsp3) is 0.409. The van der Waals surface area contributed by atoms with E-state index in [1.165, 1.54) is 12.4 Å². The first-order chi connectivity index (χ1) is 14.1. The van der Waals surface area contributed by atoms with Crippen LogP contribution in [0, 0.1) is 23.7 Å². The molecule has 6 unspecified atom stereocenters. The van der Waals surface area contributed by atoms with Crippen molar-refractivity contribution in [3.8, 4) is 0 Å². The zero-order valence-corrected chi connectivity index (χ0v) is 15.6. The Morgan fingerprint density at radius 2 is 1.41 bits per heavy atom. The molecule has 0 radical (unpaired) electrons. The van der Waals surface area contributed by atoms with Crippen LogP contribution in [0.5, 0.6) is 0 Å². The van der Waals surface area contributed by atoms with E-state index in [0.717, 1.165) is 12.8 Å². The molecule has 0 spiro atoms. The van der Waals surface area contributed by atoms with Crippen molar-refractivity contribution in [2.75, 3.05) is 0 Å². The molecule has 0 saturated heterocycles. The number of carbonyl (C=O) groups is 3. The lowest BCUT2D eigenvalue weighted by Crippen LogP contribution is -2.46. The Morgan fingerprint density at radius 1 is 0.828 bits per heavy atom. The second-order valence-corrected chi connectivity index (χ2v) is 7.93. The van der Waals surface area contributed by atoms with Gasteiger partial charge < -0.3 is 9.47 Å². The van der Waals surface area contributed by atoms with E-state index in [-0.39, 0.29) is 40.8 Å². The third kappa shape index (κ3) is 3.01. The van der Waals surface area contributed by atoms with Gasteiger partial charge in [-0.2, -0.15) is 0 Å². The number of hydrogen-bond acceptors (Lipinski definition) is 7. The molecule has 0 amide bonds. The molecule has 29 heavy (non-hydrogen) atoms. The van der Waals surface area contributed by atoms with Crippen LogP contribution in [0.4, 0.5) is 0 Å². The molecular weight excluding hydrogens is 372 g/mol. The quantitative estimate of drug-likeness (QED) is 0.738. The molecule has 3 fully saturated rings. The van der Waals surface area contributed by atoms with Gasteiger partial charge in [0.1, 0.15) is 29.4 Å². The Hall–Kier alpha value is -3.09. The van der Waals surface area contributed by atoms with E-state index in [1.807, 2.05) is 0 Å². The average Bonchev–Trinajstić information content (AvgIpc) is 3.42. The van der Waals surface area contributed by atoms with Crippen molar-refractivity contribution < 1.29 is 23.9 Å². The Labute approximate surface area is 167 Å². The predicted molar refractivity (Wildman–Crippen MR) is 99.7 cm³/mol. The van der Waals surface area contributed by atoms with Crippen LogP contribution in [-0.4, -0.2) is 39.9 Å². The first-order valence-electron chi connectivity index (χ1n) is 9.90. The highest BCUT2D eigenvalue weighted by Gasteiger charge is 2.64. The van der Waals surface area contributed by atoms with Gasteiger partial charge in [0.2, 0.25) is 0 Å². The minimum absolute atomic E-state index is 0.0191. The number of ether oxygens (including phenoxy) is 2. The maximum absolute atomic E-state index is 12.6. The Morgan fingerprint density at radius 3 is 1.97 bits per heavy atom. The van der Waals surface area contributed by atoms with Crippen LogP contribution in [-0.2, 0) is 14.3 Å². The summed E-state index contributed by atoms with van der Waals surface area (Å²) in [5.74, 6) is -0.882. The van der Waals surface area contributed by atoms with Crippen molar-refractivity contribution in [2.45, 2.75) is 31.5 Å². The third-order valence-electron chi connectivity index (χ3n) is 6.51. The van der Waals surface area contributed by atoms with Gasteiger partial charge in [-0.05, 0) is 43.0 Å². The number of pyridine rings is 2. The van der Waals surface area contributed by atoms with Crippen molar-refractivity contribution in [1.82, 2.24) is 9.97 Å². The number of esters is 2. The van der Waals surface area contributed by atoms with E-state index < -0.39 is 24.1 Å². The van der Waals surface area contributed by atoms with Crippen LogP contribution >= 0.6 is 0 Å². The summed E-state index contributed by atoms with van der Waals surface area (Å²) in [5.41, 5.74) is 0.406. The van der Waals surface area contributed by atoms with Gasteiger partial charge in [-0.15, -0.1) is 0 Å². The SMILES string of the molecule is O=C(OC1C2CC(C1OC(=O)c1ccccn1)C1C(=O)CCC21)c1ccccn1. The summed E-state index contributed by atoms with van der Waals surface area (Å²) in [7, 11) is 0. The summed E-state index contributed by atoms with van der Waals surface area (Å²) >= 11 is 0. The maximum atomic E-state index is 12.6. The highest BCUT2D eigenvalue weighted by Crippen LogP contribution is 2.59. The topological polar surface area (TPSA) is 95.5 Å². The molecule has 7 heteroatoms. The first kappa shape index (κ1) is 18.0. The molecule has 3 saturated carbocycles. The first-order valence-corrected chi connectivity index (χ1v) is 9.90. The second kappa shape index (κ2) is 7.06. The zero-order chi connectivity index (χ0) is 20.0. The normalized spacial score (nSPS) is 32.1. The number of aromatic nitrogens is 2. The van der Waals surface area contributed by atoms with Gasteiger partial charge in [-0.1, -0.05) is 12.1 Å². The van der Waals surface area contributed by atoms with Crippen LogP contribution in [0.15, 0.2) is 48.8 Å². The number of carbonyl (C=O) groups excluding carboxylic acids is 3. The van der Waals surface area contributed by atoms with E-state index in [1.54, 1.807) is 36.4 Å². The van der Waals surface area contributed by atoms with E-state index in [2.05, 4.69) is 9.97 Å². The molecule has 148 valence electrons. The van der Waals surface area contributed by atoms with Crippen LogP contribution in [0.3, 0.4) is 0 Å². The number of hydrogen-bond donors (Lipinski definition) is 0. The van der Waals surface area contributed by atoms with E-state index in [0.29, 0.717) is 6.42 Å². The summed E-state index contributed by atoms with van der Waals surface area (Å²) in [6.07, 6.45) is 3.91. The highest BCUT2D eigenvalue weighted by molar-refractivity contribution is 5.89. The number of Topliss-reactive ketones (excluding diaryl/α,β-unsaturated/α-hetero) is 1. The molecule has 0 N–H and O–H groups in total. The molecule has 3 aliphatic rings. The Balaban J connectivity index is 1.41. The minimum atomic E-state index is -0.648. The molecule has 2 aromatic rings. The number of fused-ring (bicyclic) bond motifs is 5. The standard InChI is InChI=1S/C22H20N2O5/c25-17-8-7-12-13-11-14(18(12)17)20(29-22(27)16-6-2-4-10-24-16)19(13)28-21(26)15-5-1-3-9-23-15/h1-6,9-10,12-14,18-20H,7-8,11H2. The molecule has 2 aromatic heterocycles. The third-order valence-corrected chi connectivity index (χ3v) is 6.51. The van der Waals surface area contributed by atoms with E-state index >= 15 is 0 Å². The molecule has 7 nitrogen and oxygen atoms in total. The molecule has 2 heterocycles. The summed E-state index contributed by atoms with van der Waals surface area (Å²) in [6.45, 7) is 0. The molecule has 3 aliphatic carbocycles. The van der Waals surface area contributed by atoms with E-state index in [4.69, 9.17) is 9.47 Å². The van der Waals surface area contributed by atoms with Crippen LogP contribution in [0.1, 0.15) is 40.2 Å². The van der Waals surface area contributed by atoms with E-state index in [9.17, 15) is 14.4 Å². The summed E-state index contributed by atoms with van der Waals surface area (Å²) in [6, 6.07) is 10.0. The van der Waals surface area contributed by atoms with Gasteiger partial charge in [-0.3, -0.25) is 4.79 Å². The molecule has 5 rings (SSSR count). The molecule has 6 atom stereocenters. The highest BCUT2D eigenvalue weighted by atomic mass is 16.6. The molecule has 0 aliphatic heterocycles. The lowest BCUT2D eigenvalue weighted by molar-refractivity contribution is -0.127. The van der Waals surface area contributed by atoms with Crippen molar-refractivity contribution in [2.24, 2.45) is 23.7 Å². The largest absolute Gasteiger partial charge is 0.453 e. The van der Waals surface area contributed by atoms with Crippen molar-refractivity contribution in [3.63, 3.8) is 0 Å². The average molecular weight is 392 g/mol.